The van der Waals surface area contributed by atoms with Crippen LogP contribution < -0.4 is 4.74 Å². The molecular formula is C27H36O6. The van der Waals surface area contributed by atoms with Gasteiger partial charge in [0.2, 0.25) is 0 Å². The maximum absolute atomic E-state index is 12.3. The lowest BCUT2D eigenvalue weighted by Crippen LogP contribution is -2.47. The van der Waals surface area contributed by atoms with Crippen molar-refractivity contribution in [1.29, 1.82) is 0 Å². The average Bonchev–Trinajstić information content (AvgIpc) is 3.09. The Labute approximate surface area is 196 Å². The third kappa shape index (κ3) is 4.41. The van der Waals surface area contributed by atoms with Crippen molar-refractivity contribution in [2.75, 3.05) is 0 Å². The Morgan fingerprint density at radius 1 is 0.970 bits per heavy atom. The van der Waals surface area contributed by atoms with Gasteiger partial charge in [-0.2, -0.15) is 0 Å². The van der Waals surface area contributed by atoms with Gasteiger partial charge in [0.25, 0.3) is 0 Å². The third-order valence-corrected chi connectivity index (χ3v) is 8.25. The molecule has 0 heterocycles. The molecule has 3 aliphatic rings. The molecule has 3 unspecified atom stereocenters. The first kappa shape index (κ1) is 23.8. The number of fused-ring (bicyclic) bond motifs is 5. The number of carbonyl (C=O) groups is 3. The fourth-order valence-corrected chi connectivity index (χ4v) is 6.57. The standard InChI is InChI=1S/C27H36O6/c1-5-23(28)31-17-9-11-18-16(14-17)8-10-20-19(18)12-13-27(4)21(20)15-22(32-24(29)6-2)26(27)33-25(30)7-3/h9,11,14,19-22,26H,5-8,10,12-13,15H2,1-4H3/t19?,20?,21?,22-,26+,27+/m1/s1. The van der Waals surface area contributed by atoms with E-state index in [9.17, 15) is 14.4 Å². The molecule has 33 heavy (non-hydrogen) atoms. The minimum atomic E-state index is -0.386. The first-order valence-electron chi connectivity index (χ1n) is 12.5. The molecule has 4 rings (SSSR count). The van der Waals surface area contributed by atoms with Gasteiger partial charge in [-0.1, -0.05) is 33.8 Å². The van der Waals surface area contributed by atoms with Gasteiger partial charge in [0.05, 0.1) is 0 Å². The van der Waals surface area contributed by atoms with E-state index in [1.165, 1.54) is 11.1 Å². The predicted molar refractivity (Wildman–Crippen MR) is 123 cm³/mol. The van der Waals surface area contributed by atoms with Gasteiger partial charge < -0.3 is 14.2 Å². The van der Waals surface area contributed by atoms with Crippen LogP contribution in [0.1, 0.15) is 89.7 Å². The van der Waals surface area contributed by atoms with Crippen LogP contribution in [0.3, 0.4) is 0 Å². The maximum Gasteiger partial charge on any atom is 0.310 e. The fourth-order valence-electron chi connectivity index (χ4n) is 6.57. The van der Waals surface area contributed by atoms with E-state index < -0.39 is 0 Å². The molecule has 6 atom stereocenters. The number of aryl methyl sites for hydroxylation is 1. The lowest BCUT2D eigenvalue weighted by atomic mass is 9.55. The molecule has 2 fully saturated rings. The van der Waals surface area contributed by atoms with Gasteiger partial charge in [0.1, 0.15) is 18.0 Å². The molecule has 1 aromatic rings. The van der Waals surface area contributed by atoms with E-state index in [1.54, 1.807) is 20.8 Å². The summed E-state index contributed by atoms with van der Waals surface area (Å²) in [7, 11) is 0. The molecular weight excluding hydrogens is 420 g/mol. The molecule has 1 aromatic carbocycles. The van der Waals surface area contributed by atoms with Crippen LogP contribution in [0.15, 0.2) is 18.2 Å². The quantitative estimate of drug-likeness (QED) is 0.437. The number of rotatable bonds is 6. The number of hydrogen-bond donors (Lipinski definition) is 0. The van der Waals surface area contributed by atoms with Gasteiger partial charge in [-0.3, -0.25) is 14.4 Å². The van der Waals surface area contributed by atoms with Gasteiger partial charge in [0, 0.05) is 24.7 Å². The van der Waals surface area contributed by atoms with Crippen molar-refractivity contribution < 1.29 is 28.6 Å². The number of carbonyl (C=O) groups excluding carboxylic acids is 3. The highest BCUT2D eigenvalue weighted by atomic mass is 16.6. The van der Waals surface area contributed by atoms with Crippen molar-refractivity contribution in [2.24, 2.45) is 17.3 Å². The smallest absolute Gasteiger partial charge is 0.310 e. The molecule has 0 aromatic heterocycles. The van der Waals surface area contributed by atoms with Crippen LogP contribution in [0.4, 0.5) is 0 Å². The van der Waals surface area contributed by atoms with E-state index in [-0.39, 0.29) is 35.5 Å². The second-order valence-electron chi connectivity index (χ2n) is 10.0. The molecule has 0 saturated heterocycles. The molecule has 0 radical (unpaired) electrons. The Balaban J connectivity index is 1.59. The normalized spacial score (nSPS) is 32.2. The van der Waals surface area contributed by atoms with Crippen LogP contribution in [-0.2, 0) is 30.3 Å². The van der Waals surface area contributed by atoms with Crippen LogP contribution in [0.2, 0.25) is 0 Å². The molecule has 0 aliphatic heterocycles. The predicted octanol–water partition coefficient (Wildman–Crippen LogP) is 5.11. The Hall–Kier alpha value is -2.37. The Morgan fingerprint density at radius 2 is 1.67 bits per heavy atom. The fraction of sp³-hybridized carbons (Fsp3) is 0.667. The zero-order valence-corrected chi connectivity index (χ0v) is 20.2. The van der Waals surface area contributed by atoms with Crippen LogP contribution >= 0.6 is 0 Å². The van der Waals surface area contributed by atoms with Crippen LogP contribution in [-0.4, -0.2) is 30.1 Å². The van der Waals surface area contributed by atoms with Gasteiger partial charge in [0.15, 0.2) is 0 Å². The minimum Gasteiger partial charge on any atom is -0.458 e. The summed E-state index contributed by atoms with van der Waals surface area (Å²) in [6.45, 7) is 7.61. The summed E-state index contributed by atoms with van der Waals surface area (Å²) in [6, 6.07) is 6.07. The molecule has 180 valence electrons. The van der Waals surface area contributed by atoms with E-state index in [0.29, 0.717) is 42.8 Å². The van der Waals surface area contributed by atoms with Crippen molar-refractivity contribution >= 4 is 17.9 Å². The number of ether oxygens (including phenoxy) is 3. The van der Waals surface area contributed by atoms with Gasteiger partial charge in [-0.25, -0.2) is 0 Å². The second-order valence-corrected chi connectivity index (χ2v) is 10.0. The van der Waals surface area contributed by atoms with Gasteiger partial charge in [-0.15, -0.1) is 0 Å². The van der Waals surface area contributed by atoms with Crippen molar-refractivity contribution in [2.45, 2.75) is 97.2 Å². The van der Waals surface area contributed by atoms with Gasteiger partial charge >= 0.3 is 17.9 Å². The minimum absolute atomic E-state index is 0.196. The van der Waals surface area contributed by atoms with E-state index in [2.05, 4.69) is 13.0 Å². The monoisotopic (exact) mass is 456 g/mol. The highest BCUT2D eigenvalue weighted by Crippen LogP contribution is 2.62. The molecule has 0 amide bonds. The first-order chi connectivity index (χ1) is 15.8. The van der Waals surface area contributed by atoms with Crippen LogP contribution in [0.25, 0.3) is 0 Å². The Kier molecular flexibility index (Phi) is 6.83. The molecule has 0 N–H and O–H groups in total. The SMILES string of the molecule is CCC(=O)Oc1ccc2c(c1)CCC1C2CC[C@@]2(C)C1C[C@@H](OC(=O)CC)[C@@H]2OC(=O)CC. The second kappa shape index (κ2) is 9.47. The summed E-state index contributed by atoms with van der Waals surface area (Å²) >= 11 is 0. The summed E-state index contributed by atoms with van der Waals surface area (Å²) in [5.74, 6) is 1.14. The van der Waals surface area contributed by atoms with Crippen LogP contribution in [0.5, 0.6) is 5.75 Å². The van der Waals surface area contributed by atoms with Crippen LogP contribution in [0, 0.1) is 17.3 Å². The molecule has 6 nitrogen and oxygen atoms in total. The Bertz CT molecular complexity index is 923. The maximum atomic E-state index is 12.3. The molecule has 3 aliphatic carbocycles. The number of hydrogen-bond acceptors (Lipinski definition) is 6. The number of benzene rings is 1. The van der Waals surface area contributed by atoms with Crippen molar-refractivity contribution in [3.8, 4) is 5.75 Å². The van der Waals surface area contributed by atoms with E-state index >= 15 is 0 Å². The molecule has 6 heteroatoms. The van der Waals surface area contributed by atoms with E-state index in [4.69, 9.17) is 14.2 Å². The summed E-state index contributed by atoms with van der Waals surface area (Å²) in [6.07, 6.45) is 4.86. The molecule has 0 bridgehead atoms. The lowest BCUT2D eigenvalue weighted by Gasteiger charge is -2.50. The van der Waals surface area contributed by atoms with E-state index in [0.717, 1.165) is 32.1 Å². The summed E-state index contributed by atoms with van der Waals surface area (Å²) in [4.78, 5) is 36.1. The lowest BCUT2D eigenvalue weighted by molar-refractivity contribution is -0.173. The highest BCUT2D eigenvalue weighted by molar-refractivity contribution is 5.72. The first-order valence-corrected chi connectivity index (χ1v) is 12.5. The largest absolute Gasteiger partial charge is 0.458 e. The zero-order chi connectivity index (χ0) is 23.8. The third-order valence-electron chi connectivity index (χ3n) is 8.25. The van der Waals surface area contributed by atoms with Gasteiger partial charge in [-0.05, 0) is 73.1 Å². The topological polar surface area (TPSA) is 78.9 Å². The number of esters is 3. The summed E-state index contributed by atoms with van der Waals surface area (Å²) in [5.41, 5.74) is 2.42. The molecule has 0 spiro atoms. The van der Waals surface area contributed by atoms with Crippen molar-refractivity contribution in [3.63, 3.8) is 0 Å². The molecule has 2 saturated carbocycles. The summed E-state index contributed by atoms with van der Waals surface area (Å²) < 4.78 is 17.2. The Morgan fingerprint density at radius 3 is 2.36 bits per heavy atom. The van der Waals surface area contributed by atoms with Crippen molar-refractivity contribution in [3.05, 3.63) is 29.3 Å². The average molecular weight is 457 g/mol. The summed E-state index contributed by atoms with van der Waals surface area (Å²) in [5, 5.41) is 0. The van der Waals surface area contributed by atoms with Crippen molar-refractivity contribution in [1.82, 2.24) is 0 Å². The van der Waals surface area contributed by atoms with E-state index in [1.807, 2.05) is 12.1 Å². The highest BCUT2D eigenvalue weighted by Gasteiger charge is 2.61. The zero-order valence-electron chi connectivity index (χ0n) is 20.2.